The molecule has 0 spiro atoms. The maximum Gasteiger partial charge on any atom is 0.254 e. The minimum absolute atomic E-state index is 0.0594. The quantitative estimate of drug-likeness (QED) is 0.243. The van der Waals surface area contributed by atoms with Crippen molar-refractivity contribution in [2.45, 2.75) is 44.7 Å². The number of aromatic hydroxyl groups is 1. The van der Waals surface area contributed by atoms with Crippen molar-refractivity contribution in [3.05, 3.63) is 70.5 Å². The van der Waals surface area contributed by atoms with Gasteiger partial charge in [0.15, 0.2) is 5.82 Å². The first-order valence-electron chi connectivity index (χ1n) is 16.1. The fraction of sp³-hybridized carbons (Fsp3) is 0.333. The molecule has 2 bridgehead atoms. The number of aryl methyl sites for hydroxylation is 1. The average molecular weight is 615 g/mol. The number of rotatable bonds is 6. The molecule has 5 heterocycles. The molecule has 2 saturated carbocycles. The van der Waals surface area contributed by atoms with Gasteiger partial charge in [-0.2, -0.15) is 0 Å². The molecule has 1 saturated heterocycles. The zero-order valence-corrected chi connectivity index (χ0v) is 25.8. The molecule has 10 nitrogen and oxygen atoms in total. The fourth-order valence-electron chi connectivity index (χ4n) is 7.77. The van der Waals surface area contributed by atoms with Crippen molar-refractivity contribution >= 4 is 38.9 Å². The molecule has 6 aromatic rings. The third-order valence-electron chi connectivity index (χ3n) is 10.3. The highest BCUT2D eigenvalue weighted by Crippen LogP contribution is 2.41. The largest absolute Gasteiger partial charge is 0.507 e. The van der Waals surface area contributed by atoms with Crippen molar-refractivity contribution in [2.24, 2.45) is 18.9 Å². The normalized spacial score (nSPS) is 19.2. The second-order valence-corrected chi connectivity index (χ2v) is 13.3. The number of piperidine rings is 1. The van der Waals surface area contributed by atoms with Crippen LogP contribution in [0.15, 0.2) is 59.4 Å². The van der Waals surface area contributed by atoms with Crippen LogP contribution in [0.1, 0.15) is 42.5 Å². The van der Waals surface area contributed by atoms with Crippen molar-refractivity contribution in [1.29, 1.82) is 0 Å². The number of hydrogen-bond donors (Lipinski definition) is 2. The van der Waals surface area contributed by atoms with Crippen LogP contribution >= 0.6 is 0 Å². The predicted molar refractivity (Wildman–Crippen MR) is 176 cm³/mol. The van der Waals surface area contributed by atoms with Crippen LogP contribution in [0.25, 0.3) is 55.7 Å². The van der Waals surface area contributed by atoms with Gasteiger partial charge in [0.2, 0.25) is 0 Å². The van der Waals surface area contributed by atoms with E-state index < -0.39 is 0 Å². The number of ether oxygens (including phenoxy) is 1. The van der Waals surface area contributed by atoms with E-state index in [0.717, 1.165) is 70.8 Å². The summed E-state index contributed by atoms with van der Waals surface area (Å²) in [4.78, 5) is 40.6. The van der Waals surface area contributed by atoms with Gasteiger partial charge < -0.3 is 28.9 Å². The number of carbonyl (C=O) groups excluding carboxylic acids is 1. The first kappa shape index (κ1) is 27.2. The second-order valence-electron chi connectivity index (χ2n) is 13.3. The lowest BCUT2D eigenvalue weighted by Gasteiger charge is -2.27. The molecule has 4 aromatic heterocycles. The molecule has 2 unspecified atom stereocenters. The number of amides is 1. The van der Waals surface area contributed by atoms with Crippen molar-refractivity contribution in [2.75, 3.05) is 13.7 Å². The number of H-pyrrole nitrogens is 1. The SMILES string of the molecule is COc1cc(C(=O)N2CC3CCC2C3)cc2nc(-c3cc4ccc(-c5ccc6[nH]c(=O)cc(O)c6c5)nc4n3CC3CC3)n(C)c12. The number of aromatic nitrogens is 5. The van der Waals surface area contributed by atoms with E-state index in [1.807, 2.05) is 42.3 Å². The fourth-order valence-corrected chi connectivity index (χ4v) is 7.77. The van der Waals surface area contributed by atoms with Crippen molar-refractivity contribution < 1.29 is 14.6 Å². The molecule has 2 atom stereocenters. The second kappa shape index (κ2) is 9.94. The van der Waals surface area contributed by atoms with Crippen molar-refractivity contribution in [3.63, 3.8) is 0 Å². The highest BCUT2D eigenvalue weighted by molar-refractivity contribution is 6.00. The molecule has 2 aromatic carbocycles. The van der Waals surface area contributed by atoms with Gasteiger partial charge in [0, 0.05) is 54.1 Å². The van der Waals surface area contributed by atoms with Crippen molar-refractivity contribution in [1.82, 2.24) is 29.0 Å². The van der Waals surface area contributed by atoms with Crippen LogP contribution in [-0.4, -0.2) is 59.7 Å². The highest BCUT2D eigenvalue weighted by atomic mass is 16.5. The molecule has 3 fully saturated rings. The van der Waals surface area contributed by atoms with E-state index in [2.05, 4.69) is 26.3 Å². The van der Waals surface area contributed by atoms with Gasteiger partial charge in [0.1, 0.15) is 22.7 Å². The van der Waals surface area contributed by atoms with Gasteiger partial charge in [-0.1, -0.05) is 6.07 Å². The summed E-state index contributed by atoms with van der Waals surface area (Å²) in [6.45, 7) is 1.67. The predicted octanol–water partition coefficient (Wildman–Crippen LogP) is 5.85. The number of nitrogens with one attached hydrogen (secondary N) is 1. The summed E-state index contributed by atoms with van der Waals surface area (Å²) in [5, 5.41) is 12.0. The lowest BCUT2D eigenvalue weighted by atomic mass is 10.1. The average Bonchev–Trinajstić information content (AvgIpc) is 3.34. The Morgan fingerprint density at radius 3 is 2.67 bits per heavy atom. The van der Waals surface area contributed by atoms with Gasteiger partial charge in [0.05, 0.1) is 29.5 Å². The monoisotopic (exact) mass is 614 g/mol. The summed E-state index contributed by atoms with van der Waals surface area (Å²) in [6.07, 6.45) is 5.79. The Morgan fingerprint density at radius 2 is 1.91 bits per heavy atom. The number of pyridine rings is 2. The molecule has 2 aliphatic carbocycles. The summed E-state index contributed by atoms with van der Waals surface area (Å²) in [5.74, 6) is 2.64. The Hall–Kier alpha value is -5.12. The number of benzene rings is 2. The van der Waals surface area contributed by atoms with Gasteiger partial charge in [0.25, 0.3) is 11.5 Å². The van der Waals surface area contributed by atoms with Crippen LogP contribution in [0.5, 0.6) is 11.5 Å². The van der Waals surface area contributed by atoms with Gasteiger partial charge >= 0.3 is 0 Å². The minimum Gasteiger partial charge on any atom is -0.507 e. The molecule has 0 radical (unpaired) electrons. The topological polar surface area (TPSA) is 118 Å². The van der Waals surface area contributed by atoms with Crippen LogP contribution in [0.3, 0.4) is 0 Å². The standard InChI is InChI=1S/C36H34N6O4/c1-40-33-28(13-23(15-31(33)46-2)36(45)41-18-20-5-8-24(41)11-20)39-35(40)29-14-22-7-9-26(38-34(22)42(29)17-19-3-4-19)21-6-10-27-25(12-21)30(43)16-32(44)37-27/h6-7,9-10,12-16,19-20,24H,3-5,8,11,17-18H2,1-2H3,(H2,37,43,44). The number of imidazole rings is 1. The number of aromatic amines is 1. The molecule has 10 heteroatoms. The number of likely N-dealkylation sites (tertiary alicyclic amines) is 1. The van der Waals surface area contributed by atoms with E-state index in [4.69, 9.17) is 14.7 Å². The molecule has 9 rings (SSSR count). The zero-order chi connectivity index (χ0) is 31.3. The van der Waals surface area contributed by atoms with E-state index in [1.165, 1.54) is 25.3 Å². The third kappa shape index (κ3) is 4.23. The van der Waals surface area contributed by atoms with Crippen LogP contribution in [0.4, 0.5) is 0 Å². The lowest BCUT2D eigenvalue weighted by Crippen LogP contribution is -2.37. The summed E-state index contributed by atoms with van der Waals surface area (Å²) in [6, 6.07) is 17.1. The Bertz CT molecular complexity index is 2290. The molecule has 1 amide bonds. The van der Waals surface area contributed by atoms with Crippen LogP contribution in [0.2, 0.25) is 0 Å². The number of fused-ring (bicyclic) bond motifs is 5. The number of nitrogens with zero attached hydrogens (tertiary/aromatic N) is 5. The summed E-state index contributed by atoms with van der Waals surface area (Å²) >= 11 is 0. The number of carbonyl (C=O) groups is 1. The zero-order valence-electron chi connectivity index (χ0n) is 25.8. The Morgan fingerprint density at radius 1 is 1.04 bits per heavy atom. The first-order valence-corrected chi connectivity index (χ1v) is 16.1. The maximum absolute atomic E-state index is 13.7. The summed E-state index contributed by atoms with van der Waals surface area (Å²) < 4.78 is 10.2. The van der Waals surface area contributed by atoms with Gasteiger partial charge in [-0.15, -0.1) is 0 Å². The van der Waals surface area contributed by atoms with Crippen LogP contribution < -0.4 is 10.3 Å². The van der Waals surface area contributed by atoms with E-state index in [0.29, 0.717) is 40.1 Å². The minimum atomic E-state index is -0.344. The lowest BCUT2D eigenvalue weighted by molar-refractivity contribution is 0.0703. The maximum atomic E-state index is 13.7. The van der Waals surface area contributed by atoms with Gasteiger partial charge in [-0.3, -0.25) is 9.59 Å². The Kier molecular flexibility index (Phi) is 5.88. The van der Waals surface area contributed by atoms with E-state index >= 15 is 0 Å². The van der Waals surface area contributed by atoms with Crippen molar-refractivity contribution in [3.8, 4) is 34.3 Å². The summed E-state index contributed by atoms with van der Waals surface area (Å²) in [7, 11) is 3.64. The number of hydrogen-bond acceptors (Lipinski definition) is 6. The van der Waals surface area contributed by atoms with E-state index in [1.54, 1.807) is 13.2 Å². The highest BCUT2D eigenvalue weighted by Gasteiger charge is 2.40. The molecule has 3 aliphatic rings. The third-order valence-corrected chi connectivity index (χ3v) is 10.3. The smallest absolute Gasteiger partial charge is 0.254 e. The molecule has 46 heavy (non-hydrogen) atoms. The summed E-state index contributed by atoms with van der Waals surface area (Å²) in [5.41, 5.74) is 5.87. The first-order chi connectivity index (χ1) is 22.3. The Labute approximate surface area is 264 Å². The van der Waals surface area contributed by atoms with E-state index in [-0.39, 0.29) is 17.2 Å². The van der Waals surface area contributed by atoms with E-state index in [9.17, 15) is 14.7 Å². The molecule has 1 aliphatic heterocycles. The molecular weight excluding hydrogens is 580 g/mol. The molecule has 2 N–H and O–H groups in total. The van der Waals surface area contributed by atoms with Gasteiger partial charge in [-0.25, -0.2) is 9.97 Å². The Balaban J connectivity index is 1.16. The molecular formula is C36H34N6O4. The van der Waals surface area contributed by atoms with Crippen LogP contribution in [-0.2, 0) is 13.6 Å². The van der Waals surface area contributed by atoms with Gasteiger partial charge in [-0.05, 0) is 86.4 Å². The molecule has 232 valence electrons. The number of methoxy groups -OCH3 is 1. The van der Waals surface area contributed by atoms with Crippen LogP contribution in [0, 0.1) is 11.8 Å².